The van der Waals surface area contributed by atoms with E-state index in [2.05, 4.69) is 15.0 Å². The van der Waals surface area contributed by atoms with Gasteiger partial charge in [0.1, 0.15) is 17.1 Å². The van der Waals surface area contributed by atoms with E-state index < -0.39 is 46.4 Å². The molecule has 6 N–H and O–H groups in total. The van der Waals surface area contributed by atoms with Crippen molar-refractivity contribution in [2.45, 2.75) is 11.8 Å². The summed E-state index contributed by atoms with van der Waals surface area (Å²) < 4.78 is 74.1. The molecule has 1 aromatic carbocycles. The van der Waals surface area contributed by atoms with E-state index in [1.165, 1.54) is 18.5 Å². The second-order valence-corrected chi connectivity index (χ2v) is 6.95. The molecule has 0 bridgehead atoms. The molecule has 1 aliphatic heterocycles. The number of allylic oxidation sites excluding steroid dienone is 1. The van der Waals surface area contributed by atoms with Crippen LogP contribution in [0.25, 0.3) is 11.0 Å². The number of H-pyrrole nitrogens is 1. The fourth-order valence-electron chi connectivity index (χ4n) is 3.03. The van der Waals surface area contributed by atoms with Crippen molar-refractivity contribution < 1.29 is 26.7 Å². The van der Waals surface area contributed by atoms with Crippen LogP contribution in [0.4, 0.5) is 22.0 Å². The number of alkyl halides is 3. The smallest absolute Gasteiger partial charge is 0.431 e. The fraction of sp³-hybridized carbons (Fsp3) is 0.111. The number of nitrogens with two attached hydrogens (primary N) is 2. The molecule has 0 saturated carbocycles. The first-order chi connectivity index (χ1) is 14.5. The average Bonchev–Trinajstić information content (AvgIpc) is 3.05. The molecule has 0 aliphatic carbocycles. The number of nitrogens with zero attached hydrogens (tertiary/aromatic N) is 2. The number of ether oxygens (including phenoxy) is 1. The molecular weight excluding hydrogens is 447 g/mol. The maximum atomic E-state index is 14.8. The molecule has 1 atom stereocenters. The van der Waals surface area contributed by atoms with Crippen LogP contribution in [0.5, 0.6) is 11.5 Å². The SMILES string of the molecule is NC1=NC(N)(c2cc(F)c(Oc3ccnc4[nH]cc(Cl)c34)c(F)c2)C=C(C(F)(F)F)N1. The number of guanidine groups is 1. The van der Waals surface area contributed by atoms with E-state index in [1.807, 2.05) is 5.32 Å². The van der Waals surface area contributed by atoms with E-state index >= 15 is 0 Å². The number of rotatable bonds is 3. The summed E-state index contributed by atoms with van der Waals surface area (Å²) in [7, 11) is 0. The van der Waals surface area contributed by atoms with Gasteiger partial charge >= 0.3 is 6.18 Å². The molecule has 0 spiro atoms. The van der Waals surface area contributed by atoms with E-state index in [-0.39, 0.29) is 16.2 Å². The van der Waals surface area contributed by atoms with Gasteiger partial charge in [0.05, 0.1) is 10.4 Å². The van der Waals surface area contributed by atoms with Crippen LogP contribution in [0.1, 0.15) is 5.56 Å². The largest absolute Gasteiger partial charge is 0.450 e. The maximum Gasteiger partial charge on any atom is 0.431 e. The van der Waals surface area contributed by atoms with Gasteiger partial charge in [0.25, 0.3) is 0 Å². The topological polar surface area (TPSA) is 114 Å². The summed E-state index contributed by atoms with van der Waals surface area (Å²) in [4.78, 5) is 10.4. The number of pyridine rings is 1. The van der Waals surface area contributed by atoms with E-state index in [4.69, 9.17) is 27.8 Å². The van der Waals surface area contributed by atoms with Crippen molar-refractivity contribution in [2.24, 2.45) is 16.5 Å². The molecule has 4 rings (SSSR count). The van der Waals surface area contributed by atoms with Crippen LogP contribution in [0.3, 0.4) is 0 Å². The predicted octanol–water partition coefficient (Wildman–Crippen LogP) is 3.76. The zero-order valence-corrected chi connectivity index (χ0v) is 15.9. The van der Waals surface area contributed by atoms with Crippen molar-refractivity contribution in [3.8, 4) is 11.5 Å². The second kappa shape index (κ2) is 7.10. The predicted molar refractivity (Wildman–Crippen MR) is 102 cm³/mol. The van der Waals surface area contributed by atoms with Crippen LogP contribution in [0.2, 0.25) is 5.02 Å². The van der Waals surface area contributed by atoms with Crippen LogP contribution in [-0.4, -0.2) is 22.1 Å². The number of halogens is 6. The number of hydrogen-bond donors (Lipinski definition) is 4. The van der Waals surface area contributed by atoms with Crippen molar-refractivity contribution in [3.63, 3.8) is 0 Å². The van der Waals surface area contributed by atoms with Gasteiger partial charge in [0, 0.05) is 18.0 Å². The molecule has 1 aliphatic rings. The fourth-order valence-corrected chi connectivity index (χ4v) is 3.26. The highest BCUT2D eigenvalue weighted by Crippen LogP contribution is 2.38. The van der Waals surface area contributed by atoms with Gasteiger partial charge in [-0.3, -0.25) is 5.73 Å². The average molecular weight is 459 g/mol. The number of aromatic amines is 1. The molecule has 3 aromatic rings. The highest BCUT2D eigenvalue weighted by molar-refractivity contribution is 6.36. The monoisotopic (exact) mass is 458 g/mol. The van der Waals surface area contributed by atoms with Gasteiger partial charge in [-0.2, -0.15) is 13.2 Å². The van der Waals surface area contributed by atoms with Crippen LogP contribution in [0, 0.1) is 11.6 Å². The Morgan fingerprint density at radius 2 is 1.84 bits per heavy atom. The molecule has 3 heterocycles. The second-order valence-electron chi connectivity index (χ2n) is 6.54. The Balaban J connectivity index is 1.76. The van der Waals surface area contributed by atoms with E-state index in [0.717, 1.165) is 0 Å². The third-order valence-corrected chi connectivity index (χ3v) is 4.70. The van der Waals surface area contributed by atoms with Gasteiger partial charge in [0.2, 0.25) is 0 Å². The van der Waals surface area contributed by atoms with Crippen molar-refractivity contribution in [1.29, 1.82) is 0 Å². The lowest BCUT2D eigenvalue weighted by Gasteiger charge is -2.29. The lowest BCUT2D eigenvalue weighted by molar-refractivity contribution is -0.0959. The van der Waals surface area contributed by atoms with Gasteiger partial charge in [-0.05, 0) is 24.3 Å². The zero-order chi connectivity index (χ0) is 22.6. The number of fused-ring (bicyclic) bond motifs is 1. The van der Waals surface area contributed by atoms with Gasteiger partial charge in [-0.25, -0.2) is 18.8 Å². The Kier molecular flexibility index (Phi) is 4.78. The van der Waals surface area contributed by atoms with Gasteiger partial charge < -0.3 is 20.8 Å². The lowest BCUT2D eigenvalue weighted by atomic mass is 9.97. The molecule has 0 radical (unpaired) electrons. The van der Waals surface area contributed by atoms with E-state index in [1.54, 1.807) is 0 Å². The molecular formula is C18H12ClF5N6O. The summed E-state index contributed by atoms with van der Waals surface area (Å²) in [6.45, 7) is 0. The molecule has 13 heteroatoms. The van der Waals surface area contributed by atoms with Crippen molar-refractivity contribution >= 4 is 28.6 Å². The molecule has 2 aromatic heterocycles. The lowest BCUT2D eigenvalue weighted by Crippen LogP contribution is -2.47. The Morgan fingerprint density at radius 1 is 1.16 bits per heavy atom. The Labute approximate surface area is 175 Å². The number of benzene rings is 1. The standard InChI is InChI=1S/C18H12ClF5N6O/c19-8-6-28-15-13(8)11(1-2-27-15)31-14-9(20)3-7(4-10(14)21)17(26)5-12(18(22,23)24)29-16(25)30-17/h1-6H,26H2,(H,27,28)(H3,25,29,30). The molecule has 0 amide bonds. The molecule has 31 heavy (non-hydrogen) atoms. The van der Waals surface area contributed by atoms with Gasteiger partial charge in [-0.1, -0.05) is 11.6 Å². The minimum atomic E-state index is -4.84. The summed E-state index contributed by atoms with van der Waals surface area (Å²) in [6, 6.07) is 2.76. The normalized spacial score (nSPS) is 19.1. The van der Waals surface area contributed by atoms with Crippen molar-refractivity contribution in [3.05, 3.63) is 64.6 Å². The number of aliphatic imine (C=N–C) groups is 1. The molecule has 162 valence electrons. The summed E-state index contributed by atoms with van der Waals surface area (Å²) in [6.07, 6.45) is -1.61. The maximum absolute atomic E-state index is 14.8. The highest BCUT2D eigenvalue weighted by atomic mass is 35.5. The number of hydrogen-bond acceptors (Lipinski definition) is 6. The minimum Gasteiger partial charge on any atom is -0.450 e. The first-order valence-corrected chi connectivity index (χ1v) is 8.86. The molecule has 0 saturated heterocycles. The summed E-state index contributed by atoms with van der Waals surface area (Å²) >= 11 is 6.05. The summed E-state index contributed by atoms with van der Waals surface area (Å²) in [5.41, 5.74) is 7.60. The number of nitrogens with one attached hydrogen (secondary N) is 2. The first kappa shape index (κ1) is 20.9. The summed E-state index contributed by atoms with van der Waals surface area (Å²) in [5.74, 6) is -3.94. The molecule has 0 fully saturated rings. The van der Waals surface area contributed by atoms with E-state index in [9.17, 15) is 22.0 Å². The minimum absolute atomic E-state index is 0.00708. The third kappa shape index (κ3) is 3.75. The number of aromatic nitrogens is 2. The first-order valence-electron chi connectivity index (χ1n) is 8.48. The molecule has 7 nitrogen and oxygen atoms in total. The van der Waals surface area contributed by atoms with Crippen LogP contribution >= 0.6 is 11.6 Å². The Morgan fingerprint density at radius 3 is 2.48 bits per heavy atom. The van der Waals surface area contributed by atoms with E-state index in [0.29, 0.717) is 23.9 Å². The highest BCUT2D eigenvalue weighted by Gasteiger charge is 2.41. The van der Waals surface area contributed by atoms with Gasteiger partial charge in [0.15, 0.2) is 29.0 Å². The molecule has 1 unspecified atom stereocenters. The van der Waals surface area contributed by atoms with Crippen LogP contribution in [-0.2, 0) is 5.66 Å². The zero-order valence-electron chi connectivity index (χ0n) is 15.2. The quantitative estimate of drug-likeness (QED) is 0.446. The van der Waals surface area contributed by atoms with Crippen LogP contribution in [0.15, 0.2) is 47.4 Å². The Bertz CT molecular complexity index is 1230. The Hall–Kier alpha value is -3.38. The van der Waals surface area contributed by atoms with Crippen LogP contribution < -0.4 is 21.5 Å². The van der Waals surface area contributed by atoms with Crippen molar-refractivity contribution in [2.75, 3.05) is 0 Å². The van der Waals surface area contributed by atoms with Crippen molar-refractivity contribution in [1.82, 2.24) is 15.3 Å². The van der Waals surface area contributed by atoms with Gasteiger partial charge in [-0.15, -0.1) is 0 Å². The summed E-state index contributed by atoms with van der Waals surface area (Å²) in [5, 5.41) is 2.32. The third-order valence-electron chi connectivity index (χ3n) is 4.40.